The molecule has 1 aromatic rings. The molecule has 1 aromatic carbocycles. The normalized spacial score (nSPS) is 12.7. The van der Waals surface area contributed by atoms with Gasteiger partial charge in [-0.3, -0.25) is 5.32 Å². The van der Waals surface area contributed by atoms with Crippen LogP contribution in [-0.2, 0) is 9.39 Å². The molecule has 7 heteroatoms. The lowest BCUT2D eigenvalue weighted by atomic mass is 9.75. The molecule has 0 spiro atoms. The van der Waals surface area contributed by atoms with E-state index in [9.17, 15) is 14.9 Å². The molecule has 0 aromatic heterocycles. The van der Waals surface area contributed by atoms with Gasteiger partial charge >= 0.3 is 13.2 Å². The Morgan fingerprint density at radius 2 is 1.62 bits per heavy atom. The van der Waals surface area contributed by atoms with Gasteiger partial charge in [0.1, 0.15) is 5.60 Å². The summed E-state index contributed by atoms with van der Waals surface area (Å²) in [6.07, 6.45) is -0.621. The molecule has 0 saturated heterocycles. The molecule has 1 rings (SSSR count). The van der Waals surface area contributed by atoms with Crippen molar-refractivity contribution in [1.29, 1.82) is 0 Å². The van der Waals surface area contributed by atoms with Gasteiger partial charge in [0.2, 0.25) is 0 Å². The molecule has 24 heavy (non-hydrogen) atoms. The average Bonchev–Trinajstić information content (AvgIpc) is 2.34. The van der Waals surface area contributed by atoms with E-state index < -0.39 is 30.0 Å². The lowest BCUT2D eigenvalue weighted by Crippen LogP contribution is -2.53. The summed E-state index contributed by atoms with van der Waals surface area (Å²) in [5.41, 5.74) is -2.05. The highest BCUT2D eigenvalue weighted by atomic mass is 16.6. The van der Waals surface area contributed by atoms with Crippen molar-refractivity contribution in [3.63, 3.8) is 0 Å². The number of ether oxygens (including phenoxy) is 1. The second-order valence-electron chi connectivity index (χ2n) is 7.75. The molecule has 0 atom stereocenters. The van der Waals surface area contributed by atoms with E-state index in [-0.39, 0.29) is 0 Å². The van der Waals surface area contributed by atoms with Gasteiger partial charge in [0.25, 0.3) is 0 Å². The smallest absolute Gasteiger partial charge is 0.444 e. The topological polar surface area (TPSA) is 88.0 Å². The number of para-hydroxylation sites is 1. The average molecular weight is 337 g/mol. The molecule has 0 aliphatic heterocycles. The second-order valence-corrected chi connectivity index (χ2v) is 7.75. The van der Waals surface area contributed by atoms with Crippen molar-refractivity contribution in [2.24, 2.45) is 0 Å². The van der Waals surface area contributed by atoms with Gasteiger partial charge in [-0.15, -0.1) is 0 Å². The van der Waals surface area contributed by atoms with Crippen molar-refractivity contribution in [1.82, 2.24) is 0 Å². The largest absolute Gasteiger partial charge is 0.493 e. The minimum Gasteiger partial charge on any atom is -0.444 e. The van der Waals surface area contributed by atoms with E-state index >= 15 is 0 Å². The Morgan fingerprint density at radius 1 is 1.08 bits per heavy atom. The molecule has 0 heterocycles. The molecule has 0 unspecified atom stereocenters. The first-order chi connectivity index (χ1) is 10.7. The summed E-state index contributed by atoms with van der Waals surface area (Å²) < 4.78 is 10.8. The van der Waals surface area contributed by atoms with Gasteiger partial charge in [-0.2, -0.15) is 0 Å². The van der Waals surface area contributed by atoms with Crippen LogP contribution in [0.4, 0.5) is 10.5 Å². The molecular formula is C17H28BNO5. The fourth-order valence-corrected chi connectivity index (χ4v) is 1.73. The highest BCUT2D eigenvalue weighted by Crippen LogP contribution is 2.25. The lowest BCUT2D eigenvalue weighted by Gasteiger charge is -2.38. The predicted molar refractivity (Wildman–Crippen MR) is 95.4 cm³/mol. The number of hydrogen-bond acceptors (Lipinski definition) is 5. The summed E-state index contributed by atoms with van der Waals surface area (Å²) in [4.78, 5) is 12.0. The molecule has 0 aliphatic rings. The van der Waals surface area contributed by atoms with Crippen LogP contribution in [0.1, 0.15) is 48.5 Å². The zero-order chi connectivity index (χ0) is 18.8. The van der Waals surface area contributed by atoms with E-state index in [2.05, 4.69) is 5.32 Å². The van der Waals surface area contributed by atoms with Gasteiger partial charge in [0, 0.05) is 11.2 Å². The number of benzene rings is 1. The molecule has 0 radical (unpaired) electrons. The third kappa shape index (κ3) is 5.81. The van der Waals surface area contributed by atoms with E-state index in [1.54, 1.807) is 72.7 Å². The van der Waals surface area contributed by atoms with Gasteiger partial charge in [0.05, 0.1) is 11.2 Å². The molecule has 134 valence electrons. The first kappa shape index (κ1) is 20.5. The van der Waals surface area contributed by atoms with Gasteiger partial charge < -0.3 is 19.5 Å². The number of aliphatic hydroxyl groups is 1. The molecule has 0 bridgehead atoms. The molecule has 0 aliphatic carbocycles. The van der Waals surface area contributed by atoms with Crippen LogP contribution in [0.15, 0.2) is 24.3 Å². The summed E-state index contributed by atoms with van der Waals surface area (Å²) in [6.45, 7) is 11.9. The maximum absolute atomic E-state index is 12.0. The van der Waals surface area contributed by atoms with Crippen LogP contribution in [0, 0.1) is 0 Å². The SMILES string of the molecule is CC(C)(C)OC(=O)Nc1ccccc1B(O)OC(C)(C)C(C)(C)O. The molecule has 0 saturated carbocycles. The highest BCUT2D eigenvalue weighted by Gasteiger charge is 2.40. The van der Waals surface area contributed by atoms with E-state index in [4.69, 9.17) is 9.39 Å². The summed E-state index contributed by atoms with van der Waals surface area (Å²) >= 11 is 0. The van der Waals surface area contributed by atoms with E-state index in [0.717, 1.165) is 0 Å². The monoisotopic (exact) mass is 337 g/mol. The minimum absolute atomic E-state index is 0.376. The number of carbonyl (C=O) groups excluding carboxylic acids is 1. The first-order valence-corrected chi connectivity index (χ1v) is 7.90. The zero-order valence-electron chi connectivity index (χ0n) is 15.5. The van der Waals surface area contributed by atoms with Gasteiger partial charge in [0.15, 0.2) is 0 Å². The number of hydrogen-bond donors (Lipinski definition) is 3. The number of amides is 1. The van der Waals surface area contributed by atoms with Crippen molar-refractivity contribution in [3.8, 4) is 0 Å². The van der Waals surface area contributed by atoms with E-state index in [0.29, 0.717) is 11.2 Å². The number of carbonyl (C=O) groups is 1. The Labute approximate surface area is 144 Å². The van der Waals surface area contributed by atoms with Crippen LogP contribution < -0.4 is 10.8 Å². The van der Waals surface area contributed by atoms with Crippen LogP contribution in [0.2, 0.25) is 0 Å². The molecular weight excluding hydrogens is 309 g/mol. The number of nitrogens with one attached hydrogen (secondary N) is 1. The van der Waals surface area contributed by atoms with Crippen LogP contribution in [0.25, 0.3) is 0 Å². The Hall–Kier alpha value is -1.57. The minimum atomic E-state index is -1.32. The maximum Gasteiger partial charge on any atom is 0.493 e. The predicted octanol–water partition coefficient (Wildman–Crippen LogP) is 2.29. The lowest BCUT2D eigenvalue weighted by molar-refractivity contribution is -0.0982. The summed E-state index contributed by atoms with van der Waals surface area (Å²) in [6, 6.07) is 6.73. The molecule has 3 N–H and O–H groups in total. The number of rotatable bonds is 5. The maximum atomic E-state index is 12.0. The number of anilines is 1. The highest BCUT2D eigenvalue weighted by molar-refractivity contribution is 6.62. The Balaban J connectivity index is 2.96. The van der Waals surface area contributed by atoms with Crippen LogP contribution in [0.3, 0.4) is 0 Å². The Bertz CT molecular complexity index is 575. The van der Waals surface area contributed by atoms with Crippen molar-refractivity contribution >= 4 is 24.4 Å². The second kappa shape index (κ2) is 7.13. The third-order valence-corrected chi connectivity index (χ3v) is 3.74. The van der Waals surface area contributed by atoms with E-state index in [1.807, 2.05) is 0 Å². The summed E-state index contributed by atoms with van der Waals surface area (Å²) in [5, 5.41) is 23.2. The third-order valence-electron chi connectivity index (χ3n) is 3.74. The Morgan fingerprint density at radius 3 is 2.12 bits per heavy atom. The van der Waals surface area contributed by atoms with Crippen molar-refractivity contribution in [2.75, 3.05) is 5.32 Å². The standard InChI is InChI=1S/C17H28BNO5/c1-15(2,3)23-14(20)19-13-11-9-8-10-12(13)18(22)24-17(6,7)16(4,5)21/h8-11,21-22H,1-7H3,(H,19,20). The quantitative estimate of drug-likeness (QED) is 0.718. The van der Waals surface area contributed by atoms with Gasteiger partial charge in [-0.25, -0.2) is 4.79 Å². The van der Waals surface area contributed by atoms with Gasteiger partial charge in [-0.1, -0.05) is 18.2 Å². The fourth-order valence-electron chi connectivity index (χ4n) is 1.73. The van der Waals surface area contributed by atoms with Crippen LogP contribution in [-0.4, -0.2) is 40.1 Å². The first-order valence-electron chi connectivity index (χ1n) is 7.90. The molecule has 6 nitrogen and oxygen atoms in total. The molecule has 1 amide bonds. The van der Waals surface area contributed by atoms with E-state index in [1.165, 1.54) is 0 Å². The van der Waals surface area contributed by atoms with Crippen molar-refractivity contribution in [3.05, 3.63) is 24.3 Å². The van der Waals surface area contributed by atoms with Crippen LogP contribution >= 0.6 is 0 Å². The van der Waals surface area contributed by atoms with Gasteiger partial charge in [-0.05, 0) is 54.5 Å². The summed E-state index contributed by atoms with van der Waals surface area (Å²) in [7, 11) is -1.32. The fraction of sp³-hybridized carbons (Fsp3) is 0.588. The van der Waals surface area contributed by atoms with Crippen molar-refractivity contribution in [2.45, 2.75) is 65.3 Å². The van der Waals surface area contributed by atoms with Crippen molar-refractivity contribution < 1.29 is 24.3 Å². The summed E-state index contributed by atoms with van der Waals surface area (Å²) in [5.74, 6) is 0. The molecule has 0 fully saturated rings. The zero-order valence-corrected chi connectivity index (χ0v) is 15.5. The van der Waals surface area contributed by atoms with Crippen LogP contribution in [0.5, 0.6) is 0 Å². The Kier molecular flexibility index (Phi) is 6.08.